The molecule has 1 saturated heterocycles. The molecule has 0 N–H and O–H groups in total. The fraction of sp³-hybridized carbons (Fsp3) is 0.227. The van der Waals surface area contributed by atoms with Crippen molar-refractivity contribution in [3.05, 3.63) is 65.3 Å². The zero-order valence-corrected chi connectivity index (χ0v) is 17.7. The monoisotopic (exact) mass is 463 g/mol. The van der Waals surface area contributed by atoms with Gasteiger partial charge in [0.2, 0.25) is 0 Å². The topological polar surface area (TPSA) is 62.7 Å². The van der Waals surface area contributed by atoms with E-state index in [4.69, 9.17) is 11.6 Å². The molecule has 0 aliphatic carbocycles. The average molecular weight is 464 g/mol. The molecule has 6 nitrogen and oxygen atoms in total. The minimum atomic E-state index is -4.84. The van der Waals surface area contributed by atoms with Crippen LogP contribution in [0, 0.1) is 0 Å². The number of nitrogens with zero attached hydrogens (tertiary/aromatic N) is 3. The Kier molecular flexibility index (Phi) is 5.24. The molecule has 1 aliphatic rings. The summed E-state index contributed by atoms with van der Waals surface area (Å²) in [7, 11) is 0. The summed E-state index contributed by atoms with van der Waals surface area (Å²) in [5.41, 5.74) is 0.293. The zero-order chi connectivity index (χ0) is 23.3. The number of alkyl halides is 3. The van der Waals surface area contributed by atoms with Crippen LogP contribution in [0.15, 0.2) is 54.7 Å². The van der Waals surface area contributed by atoms with Gasteiger partial charge in [0, 0.05) is 18.1 Å². The molecular formula is C22H17ClF3N3O3. The molecule has 2 aromatic carbocycles. The average Bonchev–Trinajstić information content (AvgIpc) is 2.88. The van der Waals surface area contributed by atoms with Gasteiger partial charge in [-0.25, -0.2) is 9.69 Å². The molecule has 3 amide bonds. The van der Waals surface area contributed by atoms with Crippen LogP contribution in [-0.2, 0) is 11.3 Å². The number of amides is 3. The number of aromatic nitrogens is 1. The smallest absolute Gasteiger partial charge is 0.406 e. The number of hydrogen-bond acceptors (Lipinski definition) is 4. The van der Waals surface area contributed by atoms with Crippen molar-refractivity contribution in [1.82, 2.24) is 9.88 Å². The Morgan fingerprint density at radius 1 is 1.06 bits per heavy atom. The van der Waals surface area contributed by atoms with Crippen LogP contribution in [-0.4, -0.2) is 33.7 Å². The van der Waals surface area contributed by atoms with Crippen molar-refractivity contribution in [2.45, 2.75) is 32.3 Å². The molecule has 0 spiro atoms. The van der Waals surface area contributed by atoms with E-state index in [1.54, 1.807) is 38.2 Å². The van der Waals surface area contributed by atoms with E-state index in [9.17, 15) is 22.8 Å². The van der Waals surface area contributed by atoms with Crippen molar-refractivity contribution in [3.63, 3.8) is 0 Å². The Bertz CT molecular complexity index is 1210. The second-order valence-corrected chi connectivity index (χ2v) is 8.12. The quantitative estimate of drug-likeness (QED) is 0.477. The number of halogens is 4. The Morgan fingerprint density at radius 3 is 2.41 bits per heavy atom. The van der Waals surface area contributed by atoms with E-state index in [0.717, 1.165) is 28.0 Å². The maximum atomic E-state index is 13.2. The van der Waals surface area contributed by atoms with Crippen molar-refractivity contribution >= 4 is 40.1 Å². The summed E-state index contributed by atoms with van der Waals surface area (Å²) in [6.07, 6.45) is -3.26. The lowest BCUT2D eigenvalue weighted by Gasteiger charge is -2.28. The van der Waals surface area contributed by atoms with Gasteiger partial charge in [0.25, 0.3) is 5.91 Å². The molecule has 1 aliphatic heterocycles. The minimum Gasteiger partial charge on any atom is -0.406 e. The van der Waals surface area contributed by atoms with E-state index in [-0.39, 0.29) is 12.2 Å². The van der Waals surface area contributed by atoms with Gasteiger partial charge in [0.05, 0.1) is 16.2 Å². The lowest BCUT2D eigenvalue weighted by atomic mass is 10.0. The number of ether oxygens (including phenoxy) is 1. The van der Waals surface area contributed by atoms with Crippen LogP contribution in [0.1, 0.15) is 19.4 Å². The Labute approximate surface area is 186 Å². The van der Waals surface area contributed by atoms with Crippen molar-refractivity contribution in [1.29, 1.82) is 0 Å². The first kappa shape index (κ1) is 21.9. The standard InChI is InChI=1S/C22H17ClF3N3O3/c1-21(2)19(30)29(14-6-8-15(9-7-14)32-22(24,25)26)20(31)28(21)12-13-10-11-27-18-16(13)4-3-5-17(18)23/h3-11H,12H2,1-2H3. The van der Waals surface area contributed by atoms with Crippen LogP contribution in [0.25, 0.3) is 10.9 Å². The second-order valence-electron chi connectivity index (χ2n) is 7.72. The van der Waals surface area contributed by atoms with Crippen LogP contribution in [0.2, 0.25) is 5.02 Å². The summed E-state index contributed by atoms with van der Waals surface area (Å²) < 4.78 is 41.1. The zero-order valence-electron chi connectivity index (χ0n) is 17.0. The maximum absolute atomic E-state index is 13.2. The van der Waals surface area contributed by atoms with E-state index in [1.807, 2.05) is 6.07 Å². The highest BCUT2D eigenvalue weighted by atomic mass is 35.5. The first-order chi connectivity index (χ1) is 15.0. The van der Waals surface area contributed by atoms with Gasteiger partial charge in [-0.2, -0.15) is 0 Å². The Balaban J connectivity index is 1.66. The van der Waals surface area contributed by atoms with E-state index in [0.29, 0.717) is 10.5 Å². The van der Waals surface area contributed by atoms with Gasteiger partial charge in [-0.1, -0.05) is 23.7 Å². The van der Waals surface area contributed by atoms with Gasteiger partial charge in [0.15, 0.2) is 0 Å². The number of hydrogen-bond donors (Lipinski definition) is 0. The molecule has 2 heterocycles. The molecule has 0 radical (unpaired) electrons. The van der Waals surface area contributed by atoms with E-state index in [2.05, 4.69) is 9.72 Å². The van der Waals surface area contributed by atoms with E-state index in [1.165, 1.54) is 17.0 Å². The lowest BCUT2D eigenvalue weighted by molar-refractivity contribution is -0.274. The molecule has 0 unspecified atom stereocenters. The van der Waals surface area contributed by atoms with E-state index < -0.39 is 29.6 Å². The Hall–Kier alpha value is -3.33. The summed E-state index contributed by atoms with van der Waals surface area (Å²) in [5.74, 6) is -0.944. The highest BCUT2D eigenvalue weighted by Crippen LogP contribution is 2.35. The number of carbonyl (C=O) groups is 2. The van der Waals surface area contributed by atoms with Crippen LogP contribution in [0.5, 0.6) is 5.75 Å². The molecule has 1 aromatic heterocycles. The van der Waals surface area contributed by atoms with Gasteiger partial charge < -0.3 is 9.64 Å². The third kappa shape index (κ3) is 3.84. The molecule has 166 valence electrons. The van der Waals surface area contributed by atoms with Crippen LogP contribution in [0.3, 0.4) is 0 Å². The summed E-state index contributed by atoms with van der Waals surface area (Å²) in [6, 6.07) is 11.0. The number of fused-ring (bicyclic) bond motifs is 1. The molecule has 0 bridgehead atoms. The SMILES string of the molecule is CC1(C)C(=O)N(c2ccc(OC(F)(F)F)cc2)C(=O)N1Cc1ccnc2c(Cl)cccc12. The molecule has 1 fully saturated rings. The molecule has 0 saturated carbocycles. The minimum absolute atomic E-state index is 0.114. The van der Waals surface area contributed by atoms with Gasteiger partial charge in [-0.05, 0) is 55.8 Å². The van der Waals surface area contributed by atoms with Crippen molar-refractivity contribution < 1.29 is 27.5 Å². The normalized spacial score (nSPS) is 16.2. The summed E-state index contributed by atoms with van der Waals surface area (Å²) in [5, 5.41) is 1.22. The first-order valence-corrected chi connectivity index (χ1v) is 9.91. The molecular weight excluding hydrogens is 447 g/mol. The summed E-state index contributed by atoms with van der Waals surface area (Å²) in [6.45, 7) is 3.35. The van der Waals surface area contributed by atoms with E-state index >= 15 is 0 Å². The predicted molar refractivity (Wildman–Crippen MR) is 112 cm³/mol. The Morgan fingerprint density at radius 2 is 1.75 bits per heavy atom. The fourth-order valence-electron chi connectivity index (χ4n) is 3.63. The summed E-state index contributed by atoms with van der Waals surface area (Å²) in [4.78, 5) is 33.0. The van der Waals surface area contributed by atoms with Crippen LogP contribution < -0.4 is 9.64 Å². The number of anilines is 1. The first-order valence-electron chi connectivity index (χ1n) is 9.53. The van der Waals surface area contributed by atoms with Crippen LogP contribution >= 0.6 is 11.6 Å². The molecule has 0 atom stereocenters. The number of pyridine rings is 1. The van der Waals surface area contributed by atoms with Gasteiger partial charge in [-0.15, -0.1) is 13.2 Å². The molecule has 32 heavy (non-hydrogen) atoms. The maximum Gasteiger partial charge on any atom is 0.573 e. The number of urea groups is 1. The number of imide groups is 1. The number of para-hydroxylation sites is 1. The molecule has 3 aromatic rings. The van der Waals surface area contributed by atoms with Crippen molar-refractivity contribution in [2.75, 3.05) is 4.90 Å². The van der Waals surface area contributed by atoms with Gasteiger partial charge >= 0.3 is 12.4 Å². The lowest BCUT2D eigenvalue weighted by Crippen LogP contribution is -2.43. The molecule has 10 heteroatoms. The number of benzene rings is 2. The fourth-order valence-corrected chi connectivity index (χ4v) is 3.85. The van der Waals surface area contributed by atoms with Crippen molar-refractivity contribution in [3.8, 4) is 5.75 Å². The third-order valence-electron chi connectivity index (χ3n) is 5.29. The second kappa shape index (κ2) is 7.67. The molecule has 4 rings (SSSR count). The largest absolute Gasteiger partial charge is 0.573 e. The number of rotatable bonds is 4. The van der Waals surface area contributed by atoms with Crippen LogP contribution in [0.4, 0.5) is 23.7 Å². The number of carbonyl (C=O) groups excluding carboxylic acids is 2. The predicted octanol–water partition coefficient (Wildman–Crippen LogP) is 5.53. The van der Waals surface area contributed by atoms with Crippen molar-refractivity contribution in [2.24, 2.45) is 0 Å². The summed E-state index contributed by atoms with van der Waals surface area (Å²) >= 11 is 6.22. The van der Waals surface area contributed by atoms with Gasteiger partial charge in [0.1, 0.15) is 11.3 Å². The highest BCUT2D eigenvalue weighted by molar-refractivity contribution is 6.35. The third-order valence-corrected chi connectivity index (χ3v) is 5.60. The van der Waals surface area contributed by atoms with Gasteiger partial charge in [-0.3, -0.25) is 9.78 Å². The highest BCUT2D eigenvalue weighted by Gasteiger charge is 2.51.